The predicted octanol–water partition coefficient (Wildman–Crippen LogP) is 3.89. The van der Waals surface area contributed by atoms with Gasteiger partial charge in [0.05, 0.1) is 16.8 Å². The molecule has 1 amide bonds. The van der Waals surface area contributed by atoms with Crippen LogP contribution in [0.25, 0.3) is 10.9 Å². The van der Waals surface area contributed by atoms with Crippen LogP contribution in [0, 0.1) is 5.82 Å². The maximum absolute atomic E-state index is 13.4. The van der Waals surface area contributed by atoms with Crippen molar-refractivity contribution in [2.75, 3.05) is 5.32 Å². The van der Waals surface area contributed by atoms with Gasteiger partial charge in [-0.2, -0.15) is 0 Å². The third kappa shape index (κ3) is 4.30. The molecule has 6 nitrogen and oxygen atoms in total. The number of nitrogens with one attached hydrogen (secondary N) is 2. The number of pyridine rings is 2. The van der Waals surface area contributed by atoms with Crippen LogP contribution in [0.1, 0.15) is 16.1 Å². The Morgan fingerprint density at radius 1 is 1.07 bits per heavy atom. The summed E-state index contributed by atoms with van der Waals surface area (Å²) < 4.78 is 19.2. The molecular formula is C22H16FN3O3. The van der Waals surface area contributed by atoms with Crippen LogP contribution in [0.3, 0.4) is 0 Å². The number of fused-ring (bicyclic) bond motifs is 1. The first-order valence-electron chi connectivity index (χ1n) is 8.85. The summed E-state index contributed by atoms with van der Waals surface area (Å²) in [5.74, 6) is -0.413. The molecule has 144 valence electrons. The molecule has 2 aromatic heterocycles. The summed E-state index contributed by atoms with van der Waals surface area (Å²) in [5, 5.41) is 3.20. The molecule has 0 aliphatic heterocycles. The van der Waals surface area contributed by atoms with Gasteiger partial charge in [-0.15, -0.1) is 0 Å². The second kappa shape index (κ2) is 7.93. The first-order valence-corrected chi connectivity index (χ1v) is 8.85. The summed E-state index contributed by atoms with van der Waals surface area (Å²) in [6.45, 7) is 0.294. The lowest BCUT2D eigenvalue weighted by atomic mass is 10.1. The molecule has 2 aromatic carbocycles. The lowest BCUT2D eigenvalue weighted by Gasteiger charge is -2.10. The van der Waals surface area contributed by atoms with Gasteiger partial charge in [0.1, 0.15) is 18.2 Å². The number of aromatic nitrogens is 2. The number of H-pyrrole nitrogens is 1. The number of nitrogens with zero attached hydrogens (tertiary/aromatic N) is 1. The Labute approximate surface area is 165 Å². The van der Waals surface area contributed by atoms with Gasteiger partial charge in [0.25, 0.3) is 5.91 Å². The molecule has 0 bridgehead atoms. The highest BCUT2D eigenvalue weighted by Crippen LogP contribution is 2.21. The highest BCUT2D eigenvalue weighted by atomic mass is 19.1. The minimum absolute atomic E-state index is 0.156. The topological polar surface area (TPSA) is 84.1 Å². The molecule has 4 rings (SSSR count). The van der Waals surface area contributed by atoms with Crippen LogP contribution >= 0.6 is 0 Å². The van der Waals surface area contributed by atoms with E-state index in [1.807, 2.05) is 18.2 Å². The minimum atomic E-state index is -0.497. The third-order valence-corrected chi connectivity index (χ3v) is 4.25. The van der Waals surface area contributed by atoms with Crippen molar-refractivity contribution in [2.45, 2.75) is 6.61 Å². The molecule has 2 heterocycles. The summed E-state index contributed by atoms with van der Waals surface area (Å²) in [7, 11) is 0. The molecule has 0 unspecified atom stereocenters. The summed E-state index contributed by atoms with van der Waals surface area (Å²) in [6.07, 6.45) is 1.69. The van der Waals surface area contributed by atoms with Gasteiger partial charge in [-0.1, -0.05) is 12.1 Å². The maximum atomic E-state index is 13.4. The van der Waals surface area contributed by atoms with E-state index in [0.717, 1.165) is 5.69 Å². The SMILES string of the molecule is O=C(Nc1cccc(OCc2ccccn2)c1)c1cc(=O)[nH]c2cc(F)ccc12. The lowest BCUT2D eigenvalue weighted by Crippen LogP contribution is -2.17. The van der Waals surface area contributed by atoms with E-state index in [9.17, 15) is 14.0 Å². The van der Waals surface area contributed by atoms with Gasteiger partial charge in [-0.25, -0.2) is 4.39 Å². The Balaban J connectivity index is 1.55. The molecule has 0 aliphatic carbocycles. The first-order chi connectivity index (χ1) is 14.1. The summed E-state index contributed by atoms with van der Waals surface area (Å²) in [5.41, 5.74) is 1.22. The molecule has 0 saturated carbocycles. The van der Waals surface area contributed by atoms with Gasteiger partial charge in [0.2, 0.25) is 5.56 Å². The largest absolute Gasteiger partial charge is 0.487 e. The number of hydrogen-bond acceptors (Lipinski definition) is 4. The van der Waals surface area contributed by atoms with E-state index in [1.54, 1.807) is 30.5 Å². The van der Waals surface area contributed by atoms with Crippen LogP contribution in [-0.4, -0.2) is 15.9 Å². The summed E-state index contributed by atoms with van der Waals surface area (Å²) in [6, 6.07) is 17.5. The fourth-order valence-electron chi connectivity index (χ4n) is 2.92. The molecular weight excluding hydrogens is 373 g/mol. The van der Waals surface area contributed by atoms with Crippen molar-refractivity contribution in [1.82, 2.24) is 9.97 Å². The Bertz CT molecular complexity index is 1240. The molecule has 0 fully saturated rings. The zero-order valence-electron chi connectivity index (χ0n) is 15.2. The van der Waals surface area contributed by atoms with E-state index in [1.165, 1.54) is 24.3 Å². The van der Waals surface area contributed by atoms with E-state index in [4.69, 9.17) is 4.74 Å². The summed E-state index contributed by atoms with van der Waals surface area (Å²) >= 11 is 0. The molecule has 2 N–H and O–H groups in total. The second-order valence-electron chi connectivity index (χ2n) is 6.33. The van der Waals surface area contributed by atoms with Gasteiger partial charge < -0.3 is 15.0 Å². The highest BCUT2D eigenvalue weighted by Gasteiger charge is 2.13. The van der Waals surface area contributed by atoms with Crippen LogP contribution < -0.4 is 15.6 Å². The normalized spacial score (nSPS) is 10.7. The van der Waals surface area contributed by atoms with Crippen molar-refractivity contribution in [3.05, 3.63) is 100 Å². The van der Waals surface area contributed by atoms with Gasteiger partial charge in [-0.05, 0) is 42.5 Å². The average molecular weight is 389 g/mol. The van der Waals surface area contributed by atoms with Crippen LogP contribution in [0.2, 0.25) is 0 Å². The maximum Gasteiger partial charge on any atom is 0.256 e. The second-order valence-corrected chi connectivity index (χ2v) is 6.33. The number of amides is 1. The van der Waals surface area contributed by atoms with E-state index in [2.05, 4.69) is 15.3 Å². The molecule has 0 aliphatic rings. The molecule has 4 aromatic rings. The van der Waals surface area contributed by atoms with E-state index in [-0.39, 0.29) is 11.1 Å². The van der Waals surface area contributed by atoms with Gasteiger partial charge >= 0.3 is 0 Å². The van der Waals surface area contributed by atoms with Crippen LogP contribution in [-0.2, 0) is 6.61 Å². The standard InChI is InChI=1S/C22H16FN3O3/c23-14-7-8-18-19(12-21(27)26-20(18)10-14)22(28)25-15-5-3-6-17(11-15)29-13-16-4-1-2-9-24-16/h1-12H,13H2,(H,25,28)(H,26,27). The number of rotatable bonds is 5. The number of carbonyl (C=O) groups is 1. The lowest BCUT2D eigenvalue weighted by molar-refractivity contribution is 0.102. The third-order valence-electron chi connectivity index (χ3n) is 4.25. The van der Waals surface area contributed by atoms with E-state index >= 15 is 0 Å². The number of aromatic amines is 1. The monoisotopic (exact) mass is 389 g/mol. The Morgan fingerprint density at radius 2 is 1.97 bits per heavy atom. The Hall–Kier alpha value is -4.00. The van der Waals surface area contributed by atoms with Crippen LogP contribution in [0.15, 0.2) is 77.7 Å². The fourth-order valence-corrected chi connectivity index (χ4v) is 2.92. The van der Waals surface area contributed by atoms with Crippen molar-refractivity contribution in [3.8, 4) is 5.75 Å². The van der Waals surface area contributed by atoms with Crippen molar-refractivity contribution in [3.63, 3.8) is 0 Å². The molecule has 0 atom stereocenters. The van der Waals surface area contributed by atoms with Gasteiger partial charge in [-0.3, -0.25) is 14.6 Å². The van der Waals surface area contributed by atoms with Gasteiger partial charge in [0, 0.05) is 29.4 Å². The predicted molar refractivity (Wildman–Crippen MR) is 107 cm³/mol. The number of carbonyl (C=O) groups excluding carboxylic acids is 1. The fraction of sp³-hybridized carbons (Fsp3) is 0.0455. The van der Waals surface area contributed by atoms with E-state index in [0.29, 0.717) is 23.4 Å². The summed E-state index contributed by atoms with van der Waals surface area (Å²) in [4.78, 5) is 31.3. The van der Waals surface area contributed by atoms with Gasteiger partial charge in [0.15, 0.2) is 0 Å². The van der Waals surface area contributed by atoms with Crippen molar-refractivity contribution in [1.29, 1.82) is 0 Å². The number of halogens is 1. The molecule has 0 saturated heterocycles. The number of ether oxygens (including phenoxy) is 1. The minimum Gasteiger partial charge on any atom is -0.487 e. The molecule has 29 heavy (non-hydrogen) atoms. The smallest absolute Gasteiger partial charge is 0.256 e. The Kier molecular flexibility index (Phi) is 5.03. The Morgan fingerprint density at radius 3 is 2.79 bits per heavy atom. The van der Waals surface area contributed by atoms with Crippen LogP contribution in [0.5, 0.6) is 5.75 Å². The first kappa shape index (κ1) is 18.4. The molecule has 7 heteroatoms. The highest BCUT2D eigenvalue weighted by molar-refractivity contribution is 6.12. The zero-order chi connectivity index (χ0) is 20.2. The van der Waals surface area contributed by atoms with Crippen molar-refractivity contribution < 1.29 is 13.9 Å². The average Bonchev–Trinajstić information content (AvgIpc) is 2.72. The van der Waals surface area contributed by atoms with Crippen LogP contribution in [0.4, 0.5) is 10.1 Å². The number of anilines is 1. The number of benzene rings is 2. The van der Waals surface area contributed by atoms with Crippen molar-refractivity contribution in [2.24, 2.45) is 0 Å². The number of hydrogen-bond donors (Lipinski definition) is 2. The quantitative estimate of drug-likeness (QED) is 0.542. The van der Waals surface area contributed by atoms with E-state index < -0.39 is 17.3 Å². The molecule has 0 radical (unpaired) electrons. The molecule has 0 spiro atoms. The zero-order valence-corrected chi connectivity index (χ0v) is 15.2. The van der Waals surface area contributed by atoms with Crippen molar-refractivity contribution >= 4 is 22.5 Å².